The van der Waals surface area contributed by atoms with Gasteiger partial charge in [0.05, 0.1) is 19.7 Å². The highest BCUT2D eigenvalue weighted by Gasteiger charge is 2.35. The summed E-state index contributed by atoms with van der Waals surface area (Å²) >= 11 is 0. The quantitative estimate of drug-likeness (QED) is 0.512. The highest BCUT2D eigenvalue weighted by molar-refractivity contribution is 5.92. The van der Waals surface area contributed by atoms with Crippen molar-refractivity contribution in [3.05, 3.63) is 95.6 Å². The first kappa shape index (κ1) is 24.8. The number of piperazine rings is 1. The number of nitrogens with zero attached hydrogens (tertiary/aromatic N) is 2. The van der Waals surface area contributed by atoms with Crippen LogP contribution in [0.2, 0.25) is 0 Å². The average molecular weight is 480 g/mol. The molecule has 7 heteroatoms. The number of hydrogen-bond acceptors (Lipinski definition) is 4. The smallest absolute Gasteiger partial charge is 0.238 e. The van der Waals surface area contributed by atoms with Gasteiger partial charge in [0, 0.05) is 30.9 Å². The zero-order valence-corrected chi connectivity index (χ0v) is 20.2. The normalized spacial score (nSPS) is 19.0. The van der Waals surface area contributed by atoms with E-state index in [2.05, 4.69) is 29.0 Å². The molecule has 1 heterocycles. The number of ether oxygens (including phenoxy) is 1. The van der Waals surface area contributed by atoms with E-state index < -0.39 is 0 Å². The van der Waals surface area contributed by atoms with Gasteiger partial charge in [-0.1, -0.05) is 24.3 Å². The molecule has 1 N–H and O–H groups in total. The molecule has 0 saturated carbocycles. The fourth-order valence-corrected chi connectivity index (χ4v) is 4.73. The first-order chi connectivity index (χ1) is 16.8. The number of halogens is 2. The van der Waals surface area contributed by atoms with Gasteiger partial charge >= 0.3 is 0 Å². The summed E-state index contributed by atoms with van der Waals surface area (Å²) in [5, 5.41) is 2.95. The summed E-state index contributed by atoms with van der Waals surface area (Å²) in [7, 11) is 1.60. The van der Waals surface area contributed by atoms with Crippen molar-refractivity contribution < 1.29 is 18.3 Å². The Morgan fingerprint density at radius 2 is 1.43 bits per heavy atom. The fourth-order valence-electron chi connectivity index (χ4n) is 4.73. The molecular formula is C28H31F2N3O2. The van der Waals surface area contributed by atoms with E-state index >= 15 is 0 Å². The van der Waals surface area contributed by atoms with Crippen molar-refractivity contribution in [1.29, 1.82) is 0 Å². The standard InChI is InChI=1S/C28H31F2N3O2/c1-19-17-33(28(21-4-8-23(29)9-5-21)22-6-10-24(30)11-7-22)20(2)16-32(19)18-27(34)31-25-12-14-26(35-3)15-13-25/h4-15,19-20,28H,16-18H2,1-3H3,(H,31,34)/t19-,20+/m1/s1. The molecule has 0 bridgehead atoms. The van der Waals surface area contributed by atoms with Crippen LogP contribution < -0.4 is 10.1 Å². The minimum absolute atomic E-state index is 0.0729. The summed E-state index contributed by atoms with van der Waals surface area (Å²) in [6, 6.07) is 20.3. The maximum absolute atomic E-state index is 13.6. The van der Waals surface area contributed by atoms with Gasteiger partial charge in [-0.05, 0) is 73.5 Å². The number of rotatable bonds is 7. The maximum atomic E-state index is 13.6. The van der Waals surface area contributed by atoms with Gasteiger partial charge in [0.15, 0.2) is 0 Å². The number of carbonyl (C=O) groups is 1. The first-order valence-corrected chi connectivity index (χ1v) is 11.8. The second-order valence-electron chi connectivity index (χ2n) is 9.11. The maximum Gasteiger partial charge on any atom is 0.238 e. The molecule has 1 aliphatic rings. The molecule has 0 radical (unpaired) electrons. The SMILES string of the molecule is COc1ccc(NC(=O)CN2C[C@H](C)N(C(c3ccc(F)cc3)c3ccc(F)cc3)C[C@H]2C)cc1. The lowest BCUT2D eigenvalue weighted by atomic mass is 9.93. The highest BCUT2D eigenvalue weighted by atomic mass is 19.1. The molecule has 184 valence electrons. The van der Waals surface area contributed by atoms with E-state index in [1.54, 1.807) is 31.4 Å². The molecule has 3 aromatic rings. The summed E-state index contributed by atoms with van der Waals surface area (Å²) in [4.78, 5) is 17.3. The van der Waals surface area contributed by atoms with E-state index in [1.807, 2.05) is 24.3 Å². The Morgan fingerprint density at radius 1 is 0.886 bits per heavy atom. The lowest BCUT2D eigenvalue weighted by Gasteiger charge is -2.47. The summed E-state index contributed by atoms with van der Waals surface area (Å²) in [6.07, 6.45) is 0. The van der Waals surface area contributed by atoms with Crippen LogP contribution in [0.15, 0.2) is 72.8 Å². The van der Waals surface area contributed by atoms with Crippen molar-refractivity contribution in [2.24, 2.45) is 0 Å². The van der Waals surface area contributed by atoms with E-state index in [0.29, 0.717) is 13.1 Å². The number of carbonyl (C=O) groups excluding carboxylic acids is 1. The van der Waals surface area contributed by atoms with Gasteiger partial charge in [-0.2, -0.15) is 0 Å². The summed E-state index contributed by atoms with van der Waals surface area (Å²) in [5.41, 5.74) is 2.62. The van der Waals surface area contributed by atoms with Crippen molar-refractivity contribution in [3.63, 3.8) is 0 Å². The minimum Gasteiger partial charge on any atom is -0.497 e. The van der Waals surface area contributed by atoms with Crippen LogP contribution in [0.5, 0.6) is 5.75 Å². The van der Waals surface area contributed by atoms with Crippen LogP contribution in [-0.2, 0) is 4.79 Å². The second kappa shape index (κ2) is 11.0. The van der Waals surface area contributed by atoms with Crippen molar-refractivity contribution >= 4 is 11.6 Å². The Morgan fingerprint density at radius 3 is 1.94 bits per heavy atom. The molecule has 2 atom stereocenters. The Bertz CT molecular complexity index is 1070. The third-order valence-electron chi connectivity index (χ3n) is 6.59. The van der Waals surface area contributed by atoms with Crippen LogP contribution in [0.4, 0.5) is 14.5 Å². The van der Waals surface area contributed by atoms with E-state index in [1.165, 1.54) is 24.3 Å². The largest absolute Gasteiger partial charge is 0.497 e. The molecule has 0 aromatic heterocycles. The number of nitrogens with one attached hydrogen (secondary N) is 1. The predicted molar refractivity (Wildman–Crippen MR) is 133 cm³/mol. The minimum atomic E-state index is -0.291. The summed E-state index contributed by atoms with van der Waals surface area (Å²) in [6.45, 7) is 5.90. The van der Waals surface area contributed by atoms with E-state index in [4.69, 9.17) is 4.74 Å². The monoisotopic (exact) mass is 479 g/mol. The van der Waals surface area contributed by atoms with E-state index in [-0.39, 0.29) is 42.2 Å². The van der Waals surface area contributed by atoms with Crippen LogP contribution in [0, 0.1) is 11.6 Å². The lowest BCUT2D eigenvalue weighted by molar-refractivity contribution is -0.119. The Balaban J connectivity index is 1.48. The van der Waals surface area contributed by atoms with Crippen LogP contribution >= 0.6 is 0 Å². The number of benzene rings is 3. The first-order valence-electron chi connectivity index (χ1n) is 11.8. The molecule has 4 rings (SSSR count). The molecule has 1 amide bonds. The second-order valence-corrected chi connectivity index (χ2v) is 9.11. The van der Waals surface area contributed by atoms with Gasteiger partial charge in [-0.15, -0.1) is 0 Å². The van der Waals surface area contributed by atoms with Crippen LogP contribution in [-0.4, -0.2) is 54.5 Å². The van der Waals surface area contributed by atoms with Crippen molar-refractivity contribution in [1.82, 2.24) is 9.80 Å². The third-order valence-corrected chi connectivity index (χ3v) is 6.59. The van der Waals surface area contributed by atoms with Gasteiger partial charge in [0.25, 0.3) is 0 Å². The molecule has 35 heavy (non-hydrogen) atoms. The predicted octanol–water partition coefficient (Wildman–Crippen LogP) is 5.10. The van der Waals surface area contributed by atoms with E-state index in [0.717, 1.165) is 22.6 Å². The fraction of sp³-hybridized carbons (Fsp3) is 0.321. The summed E-state index contributed by atoms with van der Waals surface area (Å²) < 4.78 is 32.4. The number of amides is 1. The van der Waals surface area contributed by atoms with Gasteiger partial charge in [0.1, 0.15) is 17.4 Å². The average Bonchev–Trinajstić information content (AvgIpc) is 2.85. The molecular weight excluding hydrogens is 448 g/mol. The number of anilines is 1. The van der Waals surface area contributed by atoms with Gasteiger partial charge < -0.3 is 10.1 Å². The Hall–Kier alpha value is -3.29. The zero-order valence-electron chi connectivity index (χ0n) is 20.2. The van der Waals surface area contributed by atoms with Gasteiger partial charge in [-0.3, -0.25) is 14.6 Å². The van der Waals surface area contributed by atoms with Crippen molar-refractivity contribution in [2.45, 2.75) is 32.0 Å². The van der Waals surface area contributed by atoms with Gasteiger partial charge in [0.2, 0.25) is 5.91 Å². The molecule has 0 unspecified atom stereocenters. The zero-order chi connectivity index (χ0) is 24.9. The molecule has 1 saturated heterocycles. The third kappa shape index (κ3) is 6.05. The molecule has 1 aliphatic heterocycles. The van der Waals surface area contributed by atoms with Crippen LogP contribution in [0.1, 0.15) is 31.0 Å². The van der Waals surface area contributed by atoms with Crippen molar-refractivity contribution in [3.8, 4) is 5.75 Å². The molecule has 0 spiro atoms. The van der Waals surface area contributed by atoms with Gasteiger partial charge in [-0.25, -0.2) is 8.78 Å². The molecule has 3 aromatic carbocycles. The Kier molecular flexibility index (Phi) is 7.78. The lowest BCUT2D eigenvalue weighted by Crippen LogP contribution is -2.58. The van der Waals surface area contributed by atoms with Crippen molar-refractivity contribution in [2.75, 3.05) is 32.1 Å². The molecule has 1 fully saturated rings. The number of hydrogen-bond donors (Lipinski definition) is 1. The topological polar surface area (TPSA) is 44.8 Å². The van der Waals surface area contributed by atoms with E-state index in [9.17, 15) is 13.6 Å². The van der Waals surface area contributed by atoms with Crippen LogP contribution in [0.3, 0.4) is 0 Å². The molecule has 5 nitrogen and oxygen atoms in total. The number of methoxy groups -OCH3 is 1. The highest BCUT2D eigenvalue weighted by Crippen LogP contribution is 2.33. The summed E-state index contributed by atoms with van der Waals surface area (Å²) in [5.74, 6) is 0.0798. The van der Waals surface area contributed by atoms with Crippen LogP contribution in [0.25, 0.3) is 0 Å². The molecule has 0 aliphatic carbocycles. The Labute approximate surface area is 205 Å².